The lowest BCUT2D eigenvalue weighted by Gasteiger charge is -2.04. The van der Waals surface area contributed by atoms with E-state index in [0.29, 0.717) is 0 Å². The zero-order valence-electron chi connectivity index (χ0n) is 9.38. The molecule has 1 heterocycles. The van der Waals surface area contributed by atoms with E-state index in [0.717, 1.165) is 37.1 Å². The Kier molecular flexibility index (Phi) is 4.14. The summed E-state index contributed by atoms with van der Waals surface area (Å²) in [4.78, 5) is 0. The highest BCUT2D eigenvalue weighted by Crippen LogP contribution is 2.16. The molecule has 0 fully saturated rings. The maximum Gasteiger partial charge on any atom is 0.0718 e. The van der Waals surface area contributed by atoms with Gasteiger partial charge in [-0.05, 0) is 19.3 Å². The van der Waals surface area contributed by atoms with E-state index in [2.05, 4.69) is 25.9 Å². The first-order chi connectivity index (χ1) is 6.78. The summed E-state index contributed by atoms with van der Waals surface area (Å²) in [5.74, 6) is 0. The lowest BCUT2D eigenvalue weighted by atomic mass is 10.1. The monoisotopic (exact) mass is 196 g/mol. The van der Waals surface area contributed by atoms with Gasteiger partial charge in [-0.25, -0.2) is 0 Å². The van der Waals surface area contributed by atoms with Crippen LogP contribution in [-0.4, -0.2) is 14.9 Å². The summed E-state index contributed by atoms with van der Waals surface area (Å²) in [7, 11) is 0. The molecule has 0 atom stereocenters. The van der Waals surface area contributed by atoms with Crippen LogP contribution in [0.25, 0.3) is 0 Å². The molecule has 0 bridgehead atoms. The van der Waals surface area contributed by atoms with Gasteiger partial charge in [0, 0.05) is 17.8 Å². The topological polar surface area (TPSA) is 38.0 Å². The number of aromatic nitrogens is 2. The van der Waals surface area contributed by atoms with Crippen LogP contribution < -0.4 is 0 Å². The first-order valence-corrected chi connectivity index (χ1v) is 5.46. The first kappa shape index (κ1) is 11.2. The second-order valence-corrected chi connectivity index (χ2v) is 3.46. The zero-order valence-corrected chi connectivity index (χ0v) is 9.38. The van der Waals surface area contributed by atoms with E-state index < -0.39 is 0 Å². The molecular formula is C11H20N2O. The average molecular weight is 196 g/mol. The van der Waals surface area contributed by atoms with Gasteiger partial charge < -0.3 is 5.11 Å². The van der Waals surface area contributed by atoms with Crippen molar-refractivity contribution in [1.82, 2.24) is 9.78 Å². The molecule has 0 saturated carbocycles. The second-order valence-electron chi connectivity index (χ2n) is 3.46. The van der Waals surface area contributed by atoms with Gasteiger partial charge in [0.15, 0.2) is 0 Å². The molecule has 0 aromatic carbocycles. The molecule has 1 aromatic rings. The summed E-state index contributed by atoms with van der Waals surface area (Å²) in [5.41, 5.74) is 3.30. The van der Waals surface area contributed by atoms with E-state index >= 15 is 0 Å². The first-order valence-electron chi connectivity index (χ1n) is 5.46. The van der Waals surface area contributed by atoms with Crippen molar-refractivity contribution >= 4 is 0 Å². The smallest absolute Gasteiger partial charge is 0.0718 e. The number of aliphatic hydroxyl groups excluding tert-OH is 1. The fourth-order valence-corrected chi connectivity index (χ4v) is 1.85. The molecule has 0 amide bonds. The number of hydrogen-bond acceptors (Lipinski definition) is 2. The maximum absolute atomic E-state index is 9.29. The molecular weight excluding hydrogens is 176 g/mol. The van der Waals surface area contributed by atoms with Gasteiger partial charge in [-0.2, -0.15) is 5.10 Å². The Balaban J connectivity index is 3.10. The van der Waals surface area contributed by atoms with E-state index in [-0.39, 0.29) is 6.61 Å². The van der Waals surface area contributed by atoms with Crippen LogP contribution in [0.1, 0.15) is 44.1 Å². The molecule has 0 unspecified atom stereocenters. The lowest BCUT2D eigenvalue weighted by molar-refractivity contribution is 0.279. The molecule has 3 nitrogen and oxygen atoms in total. The van der Waals surface area contributed by atoms with Crippen LogP contribution in [0, 0.1) is 0 Å². The summed E-state index contributed by atoms with van der Waals surface area (Å²) < 4.78 is 2.05. The summed E-state index contributed by atoms with van der Waals surface area (Å²) in [6.45, 7) is 7.41. The SMILES string of the molecule is CCCn1nc(CC)c(CO)c1CC. The Labute approximate surface area is 85.8 Å². The highest BCUT2D eigenvalue weighted by molar-refractivity contribution is 5.25. The Morgan fingerprint density at radius 2 is 1.93 bits per heavy atom. The Morgan fingerprint density at radius 3 is 2.36 bits per heavy atom. The van der Waals surface area contributed by atoms with Crippen molar-refractivity contribution in [2.75, 3.05) is 0 Å². The van der Waals surface area contributed by atoms with Gasteiger partial charge in [0.05, 0.1) is 12.3 Å². The predicted molar refractivity (Wildman–Crippen MR) is 57.2 cm³/mol. The Hall–Kier alpha value is -0.830. The number of nitrogens with zero attached hydrogens (tertiary/aromatic N) is 2. The number of aliphatic hydroxyl groups is 1. The normalized spacial score (nSPS) is 10.9. The molecule has 1 rings (SSSR count). The van der Waals surface area contributed by atoms with Gasteiger partial charge in [-0.1, -0.05) is 20.8 Å². The molecule has 0 aliphatic carbocycles. The summed E-state index contributed by atoms with van der Waals surface area (Å²) >= 11 is 0. The van der Waals surface area contributed by atoms with Gasteiger partial charge >= 0.3 is 0 Å². The summed E-state index contributed by atoms with van der Waals surface area (Å²) in [5, 5.41) is 13.8. The molecule has 3 heteroatoms. The van der Waals surface area contributed by atoms with E-state index in [1.54, 1.807) is 0 Å². The van der Waals surface area contributed by atoms with Crippen LogP contribution in [0.5, 0.6) is 0 Å². The molecule has 0 aliphatic heterocycles. The van der Waals surface area contributed by atoms with Crippen LogP contribution in [-0.2, 0) is 26.0 Å². The molecule has 0 aliphatic rings. The highest BCUT2D eigenvalue weighted by Gasteiger charge is 2.13. The third-order valence-corrected chi connectivity index (χ3v) is 2.51. The molecule has 1 aromatic heterocycles. The maximum atomic E-state index is 9.29. The van der Waals surface area contributed by atoms with Gasteiger partial charge in [0.25, 0.3) is 0 Å². The molecule has 1 N–H and O–H groups in total. The van der Waals surface area contributed by atoms with Crippen molar-refractivity contribution in [2.24, 2.45) is 0 Å². The Bertz CT molecular complexity index is 292. The zero-order chi connectivity index (χ0) is 10.6. The standard InChI is InChI=1S/C11H20N2O/c1-4-7-13-11(6-3)9(8-14)10(5-2)12-13/h14H,4-8H2,1-3H3. The van der Waals surface area contributed by atoms with Crippen molar-refractivity contribution in [1.29, 1.82) is 0 Å². The van der Waals surface area contributed by atoms with Crippen molar-refractivity contribution < 1.29 is 5.11 Å². The third-order valence-electron chi connectivity index (χ3n) is 2.51. The second kappa shape index (κ2) is 5.15. The van der Waals surface area contributed by atoms with Crippen LogP contribution in [0.15, 0.2) is 0 Å². The lowest BCUT2D eigenvalue weighted by Crippen LogP contribution is -2.04. The Morgan fingerprint density at radius 1 is 1.21 bits per heavy atom. The molecule has 0 radical (unpaired) electrons. The van der Waals surface area contributed by atoms with Crippen molar-refractivity contribution in [3.8, 4) is 0 Å². The van der Waals surface area contributed by atoms with Crippen LogP contribution in [0.2, 0.25) is 0 Å². The molecule has 80 valence electrons. The average Bonchev–Trinajstić information content (AvgIpc) is 2.55. The number of aryl methyl sites for hydroxylation is 2. The van der Waals surface area contributed by atoms with E-state index in [4.69, 9.17) is 0 Å². The highest BCUT2D eigenvalue weighted by atomic mass is 16.3. The van der Waals surface area contributed by atoms with Crippen LogP contribution in [0.3, 0.4) is 0 Å². The van der Waals surface area contributed by atoms with Crippen LogP contribution >= 0.6 is 0 Å². The minimum Gasteiger partial charge on any atom is -0.392 e. The van der Waals surface area contributed by atoms with Gasteiger partial charge in [0.2, 0.25) is 0 Å². The van der Waals surface area contributed by atoms with Crippen LogP contribution in [0.4, 0.5) is 0 Å². The predicted octanol–water partition coefficient (Wildman–Crippen LogP) is 1.91. The molecule has 14 heavy (non-hydrogen) atoms. The van der Waals surface area contributed by atoms with Crippen molar-refractivity contribution in [2.45, 2.75) is 53.2 Å². The quantitative estimate of drug-likeness (QED) is 0.781. The van der Waals surface area contributed by atoms with Gasteiger partial charge in [0.1, 0.15) is 0 Å². The van der Waals surface area contributed by atoms with Crippen molar-refractivity contribution in [3.05, 3.63) is 17.0 Å². The third kappa shape index (κ3) is 1.98. The minimum absolute atomic E-state index is 0.121. The van der Waals surface area contributed by atoms with E-state index in [1.807, 2.05) is 4.68 Å². The molecule has 0 spiro atoms. The summed E-state index contributed by atoms with van der Waals surface area (Å²) in [6, 6.07) is 0. The minimum atomic E-state index is 0.121. The number of hydrogen-bond donors (Lipinski definition) is 1. The fraction of sp³-hybridized carbons (Fsp3) is 0.727. The fourth-order valence-electron chi connectivity index (χ4n) is 1.85. The van der Waals surface area contributed by atoms with Crippen molar-refractivity contribution in [3.63, 3.8) is 0 Å². The van der Waals surface area contributed by atoms with E-state index in [9.17, 15) is 5.11 Å². The summed E-state index contributed by atoms with van der Waals surface area (Å²) in [6.07, 6.45) is 2.94. The van der Waals surface area contributed by atoms with E-state index in [1.165, 1.54) is 5.69 Å². The molecule has 0 saturated heterocycles. The van der Waals surface area contributed by atoms with Gasteiger partial charge in [-0.15, -0.1) is 0 Å². The number of rotatable bonds is 5. The van der Waals surface area contributed by atoms with Gasteiger partial charge in [-0.3, -0.25) is 4.68 Å². The largest absolute Gasteiger partial charge is 0.392 e.